The molecule has 3 nitrogen and oxygen atoms in total. The van der Waals surface area contributed by atoms with Gasteiger partial charge in [0.05, 0.1) is 0 Å². The van der Waals surface area contributed by atoms with Crippen LogP contribution in [0, 0.1) is 18.3 Å². The molecular formula is C14H20N2O. The van der Waals surface area contributed by atoms with Gasteiger partial charge in [-0.2, -0.15) is 0 Å². The van der Waals surface area contributed by atoms with Crippen LogP contribution in [0.5, 0.6) is 0 Å². The summed E-state index contributed by atoms with van der Waals surface area (Å²) in [5.41, 5.74) is 1.56. The average Bonchev–Trinajstić information content (AvgIpc) is 2.79. The highest BCUT2D eigenvalue weighted by atomic mass is 16.1. The Morgan fingerprint density at radius 2 is 2.29 bits per heavy atom. The molecule has 92 valence electrons. The molecule has 2 rings (SSSR count). The van der Waals surface area contributed by atoms with Crippen LogP contribution < -0.4 is 5.32 Å². The maximum absolute atomic E-state index is 12.8. The van der Waals surface area contributed by atoms with E-state index in [0.29, 0.717) is 5.92 Å². The number of carbonyl (C=O) groups is 1. The summed E-state index contributed by atoms with van der Waals surface area (Å²) in [7, 11) is 0. The zero-order chi connectivity index (χ0) is 12.5. The van der Waals surface area contributed by atoms with Crippen molar-refractivity contribution in [2.75, 3.05) is 13.1 Å². The van der Waals surface area contributed by atoms with Crippen molar-refractivity contribution in [3.63, 3.8) is 0 Å². The van der Waals surface area contributed by atoms with E-state index in [2.05, 4.69) is 24.1 Å². The molecule has 0 radical (unpaired) electrons. The molecule has 1 N–H and O–H groups in total. The first-order valence-electron chi connectivity index (χ1n) is 6.24. The monoisotopic (exact) mass is 232 g/mol. The lowest BCUT2D eigenvalue weighted by molar-refractivity contribution is 0.0739. The highest BCUT2D eigenvalue weighted by Crippen LogP contribution is 2.37. The first-order chi connectivity index (χ1) is 8.08. The molecule has 0 spiro atoms. The van der Waals surface area contributed by atoms with Crippen LogP contribution >= 0.6 is 0 Å². The predicted octanol–water partition coefficient (Wildman–Crippen LogP) is 2.21. The van der Waals surface area contributed by atoms with Gasteiger partial charge in [0.1, 0.15) is 0 Å². The Kier molecular flexibility index (Phi) is 3.29. The van der Waals surface area contributed by atoms with Crippen LogP contribution in [-0.4, -0.2) is 23.9 Å². The topological polar surface area (TPSA) is 42.0 Å². The molecule has 1 unspecified atom stereocenters. The quantitative estimate of drug-likeness (QED) is 0.812. The molecule has 1 fully saturated rings. The number of aromatic nitrogens is 1. The fourth-order valence-corrected chi connectivity index (χ4v) is 2.63. The van der Waals surface area contributed by atoms with Gasteiger partial charge in [-0.15, -0.1) is 0 Å². The van der Waals surface area contributed by atoms with Crippen LogP contribution in [0.4, 0.5) is 0 Å². The summed E-state index contributed by atoms with van der Waals surface area (Å²) in [5.74, 6) is 0.604. The second-order valence-corrected chi connectivity index (χ2v) is 5.26. The molecule has 0 saturated carbocycles. The van der Waals surface area contributed by atoms with Crippen molar-refractivity contribution in [3.8, 4) is 0 Å². The molecule has 0 aliphatic carbocycles. The van der Waals surface area contributed by atoms with E-state index in [4.69, 9.17) is 0 Å². The number of hydrogen-bond acceptors (Lipinski definition) is 3. The maximum atomic E-state index is 12.8. The molecule has 1 aromatic rings. The lowest BCUT2D eigenvalue weighted by Crippen LogP contribution is -2.38. The van der Waals surface area contributed by atoms with Gasteiger partial charge >= 0.3 is 0 Å². The SMILES string of the molecule is Cc1ccncc1C(=O)C1(C(C)C)CCNC1. The normalized spacial score (nSPS) is 24.2. The van der Waals surface area contributed by atoms with Gasteiger partial charge in [-0.25, -0.2) is 0 Å². The Morgan fingerprint density at radius 1 is 1.53 bits per heavy atom. The minimum atomic E-state index is -0.242. The van der Waals surface area contributed by atoms with Gasteiger partial charge in [-0.05, 0) is 37.4 Å². The molecule has 1 atom stereocenters. The average molecular weight is 232 g/mol. The van der Waals surface area contributed by atoms with Gasteiger partial charge in [0, 0.05) is 29.9 Å². The van der Waals surface area contributed by atoms with Gasteiger partial charge in [-0.3, -0.25) is 9.78 Å². The van der Waals surface area contributed by atoms with Crippen molar-refractivity contribution in [3.05, 3.63) is 29.6 Å². The molecule has 1 aromatic heterocycles. The van der Waals surface area contributed by atoms with Crippen molar-refractivity contribution in [2.24, 2.45) is 11.3 Å². The van der Waals surface area contributed by atoms with E-state index in [1.807, 2.05) is 13.0 Å². The van der Waals surface area contributed by atoms with Gasteiger partial charge in [0.25, 0.3) is 0 Å². The van der Waals surface area contributed by atoms with Gasteiger partial charge in [0.2, 0.25) is 0 Å². The predicted molar refractivity (Wildman–Crippen MR) is 68.1 cm³/mol. The third-order valence-corrected chi connectivity index (χ3v) is 4.03. The summed E-state index contributed by atoms with van der Waals surface area (Å²) in [6, 6.07) is 1.91. The van der Waals surface area contributed by atoms with Crippen LogP contribution in [0.3, 0.4) is 0 Å². The summed E-state index contributed by atoms with van der Waals surface area (Å²) in [6.07, 6.45) is 4.37. The number of nitrogens with one attached hydrogen (secondary N) is 1. The number of carbonyl (C=O) groups excluding carboxylic acids is 1. The lowest BCUT2D eigenvalue weighted by atomic mass is 9.71. The van der Waals surface area contributed by atoms with Gasteiger partial charge in [-0.1, -0.05) is 13.8 Å². The summed E-state index contributed by atoms with van der Waals surface area (Å²) < 4.78 is 0. The molecule has 0 amide bonds. The molecule has 17 heavy (non-hydrogen) atoms. The number of nitrogens with zero attached hydrogens (tertiary/aromatic N) is 1. The Hall–Kier alpha value is -1.22. The zero-order valence-corrected chi connectivity index (χ0v) is 10.8. The number of hydrogen-bond donors (Lipinski definition) is 1. The van der Waals surface area contributed by atoms with E-state index in [0.717, 1.165) is 30.6 Å². The van der Waals surface area contributed by atoms with Gasteiger partial charge in [0.15, 0.2) is 5.78 Å². The standard InChI is InChI=1S/C14H20N2O/c1-10(2)14(5-7-16-9-14)13(17)12-8-15-6-4-11(12)3/h4,6,8,10,16H,5,7,9H2,1-3H3. The molecule has 3 heteroatoms. The number of ketones is 1. The van der Waals surface area contributed by atoms with Crippen LogP contribution in [0.15, 0.2) is 18.5 Å². The van der Waals surface area contributed by atoms with Crippen molar-refractivity contribution in [2.45, 2.75) is 27.2 Å². The number of Topliss-reactive ketones (excluding diaryl/α,β-unsaturated/α-hetero) is 1. The Bertz CT molecular complexity index is 420. The molecule has 2 heterocycles. The van der Waals surface area contributed by atoms with Crippen molar-refractivity contribution in [1.82, 2.24) is 10.3 Å². The van der Waals surface area contributed by atoms with E-state index in [9.17, 15) is 4.79 Å². The summed E-state index contributed by atoms with van der Waals surface area (Å²) in [6.45, 7) is 7.97. The fourth-order valence-electron chi connectivity index (χ4n) is 2.63. The largest absolute Gasteiger partial charge is 0.316 e. The van der Waals surface area contributed by atoms with E-state index in [1.165, 1.54) is 0 Å². The molecule has 0 aromatic carbocycles. The van der Waals surface area contributed by atoms with Crippen molar-refractivity contribution < 1.29 is 4.79 Å². The van der Waals surface area contributed by atoms with Crippen LogP contribution in [-0.2, 0) is 0 Å². The third-order valence-electron chi connectivity index (χ3n) is 4.03. The van der Waals surface area contributed by atoms with Crippen molar-refractivity contribution >= 4 is 5.78 Å². The number of rotatable bonds is 3. The molecule has 1 aliphatic rings. The first kappa shape index (κ1) is 12.2. The zero-order valence-electron chi connectivity index (χ0n) is 10.8. The molecule has 1 saturated heterocycles. The molecule has 0 bridgehead atoms. The fraction of sp³-hybridized carbons (Fsp3) is 0.571. The highest BCUT2D eigenvalue weighted by Gasteiger charge is 2.44. The van der Waals surface area contributed by atoms with Crippen LogP contribution in [0.2, 0.25) is 0 Å². The summed E-state index contributed by atoms with van der Waals surface area (Å²) in [4.78, 5) is 16.8. The number of pyridine rings is 1. The number of aryl methyl sites for hydroxylation is 1. The van der Waals surface area contributed by atoms with E-state index in [-0.39, 0.29) is 11.2 Å². The summed E-state index contributed by atoms with van der Waals surface area (Å²) >= 11 is 0. The second-order valence-electron chi connectivity index (χ2n) is 5.26. The smallest absolute Gasteiger partial charge is 0.172 e. The molecular weight excluding hydrogens is 212 g/mol. The maximum Gasteiger partial charge on any atom is 0.172 e. The van der Waals surface area contributed by atoms with Crippen LogP contribution in [0.25, 0.3) is 0 Å². The second kappa shape index (κ2) is 4.57. The van der Waals surface area contributed by atoms with E-state index < -0.39 is 0 Å². The van der Waals surface area contributed by atoms with E-state index >= 15 is 0 Å². The van der Waals surface area contributed by atoms with Crippen LogP contribution in [0.1, 0.15) is 36.2 Å². The highest BCUT2D eigenvalue weighted by molar-refractivity contribution is 6.02. The molecule has 1 aliphatic heterocycles. The minimum absolute atomic E-state index is 0.242. The first-order valence-corrected chi connectivity index (χ1v) is 6.24. The van der Waals surface area contributed by atoms with Crippen molar-refractivity contribution in [1.29, 1.82) is 0 Å². The minimum Gasteiger partial charge on any atom is -0.316 e. The van der Waals surface area contributed by atoms with Gasteiger partial charge < -0.3 is 5.32 Å². The Balaban J connectivity index is 2.39. The summed E-state index contributed by atoms with van der Waals surface area (Å²) in [5, 5.41) is 3.32. The Morgan fingerprint density at radius 3 is 2.82 bits per heavy atom. The lowest BCUT2D eigenvalue weighted by Gasteiger charge is -2.31. The third kappa shape index (κ3) is 2.00. The van der Waals surface area contributed by atoms with E-state index in [1.54, 1.807) is 12.4 Å². The Labute approximate surface area is 103 Å².